The molecule has 3 rings (SSSR count). The van der Waals surface area contributed by atoms with Crippen LogP contribution in [0.25, 0.3) is 0 Å². The van der Waals surface area contributed by atoms with Crippen molar-refractivity contribution in [3.05, 3.63) is 65.4 Å². The third-order valence-electron chi connectivity index (χ3n) is 3.23. The van der Waals surface area contributed by atoms with Gasteiger partial charge in [-0.2, -0.15) is 0 Å². The molecule has 0 bridgehead atoms. The van der Waals surface area contributed by atoms with Gasteiger partial charge in [-0.1, -0.05) is 6.07 Å². The fraction of sp³-hybridized carbons (Fsp3) is 0.118. The van der Waals surface area contributed by atoms with E-state index in [2.05, 4.69) is 25.3 Å². The molecule has 0 saturated heterocycles. The largest absolute Gasteiger partial charge is 0.573 e. The number of pyridine rings is 1. The number of thiazole rings is 1. The molecule has 0 spiro atoms. The van der Waals surface area contributed by atoms with Crippen molar-refractivity contribution in [1.82, 2.24) is 15.3 Å². The summed E-state index contributed by atoms with van der Waals surface area (Å²) < 4.78 is 40.3. The van der Waals surface area contributed by atoms with Crippen LogP contribution in [-0.2, 0) is 6.54 Å². The minimum atomic E-state index is -4.73. The Labute approximate surface area is 156 Å². The van der Waals surface area contributed by atoms with Gasteiger partial charge in [0.2, 0.25) is 0 Å². The Morgan fingerprint density at radius 1 is 1.15 bits per heavy atom. The molecule has 10 heteroatoms. The Balaban J connectivity index is 1.56. The van der Waals surface area contributed by atoms with Gasteiger partial charge in [-0.05, 0) is 36.4 Å². The predicted octanol–water partition coefficient (Wildman–Crippen LogP) is 4.11. The van der Waals surface area contributed by atoms with Crippen molar-refractivity contribution in [1.29, 1.82) is 0 Å². The molecule has 2 N–H and O–H groups in total. The first-order valence-electron chi connectivity index (χ1n) is 7.65. The molecule has 0 saturated carbocycles. The van der Waals surface area contributed by atoms with E-state index in [1.807, 2.05) is 6.07 Å². The summed E-state index contributed by atoms with van der Waals surface area (Å²) in [5.41, 5.74) is 1.47. The number of carbonyl (C=O) groups excluding carboxylic acids is 1. The second kappa shape index (κ2) is 8.04. The summed E-state index contributed by atoms with van der Waals surface area (Å²) in [6.45, 7) is 0.278. The smallest absolute Gasteiger partial charge is 0.406 e. The number of nitrogens with zero attached hydrogens (tertiary/aromatic N) is 2. The van der Waals surface area contributed by atoms with E-state index in [1.54, 1.807) is 23.7 Å². The van der Waals surface area contributed by atoms with Gasteiger partial charge in [0.25, 0.3) is 5.91 Å². The molecule has 2 heterocycles. The molecule has 1 aromatic carbocycles. The summed E-state index contributed by atoms with van der Waals surface area (Å²) in [7, 11) is 0. The number of ether oxygens (including phenoxy) is 1. The lowest BCUT2D eigenvalue weighted by molar-refractivity contribution is -0.274. The van der Waals surface area contributed by atoms with Crippen LogP contribution < -0.4 is 15.4 Å². The summed E-state index contributed by atoms with van der Waals surface area (Å²) in [5.74, 6) is -0.666. The maximum absolute atomic E-state index is 12.2. The normalized spacial score (nSPS) is 11.1. The van der Waals surface area contributed by atoms with Crippen LogP contribution in [0.5, 0.6) is 5.75 Å². The van der Waals surface area contributed by atoms with E-state index in [-0.39, 0.29) is 23.9 Å². The average molecular weight is 394 g/mol. The molecule has 3 aromatic rings. The SMILES string of the molecule is O=C(NCc1ccccn1)c1csc(Nc2ccc(OC(F)(F)F)cc2)n1. The van der Waals surface area contributed by atoms with Crippen molar-refractivity contribution in [2.24, 2.45) is 0 Å². The van der Waals surface area contributed by atoms with Gasteiger partial charge >= 0.3 is 6.36 Å². The second-order valence-electron chi connectivity index (χ2n) is 5.24. The van der Waals surface area contributed by atoms with Gasteiger partial charge in [-0.25, -0.2) is 4.98 Å². The molecule has 140 valence electrons. The van der Waals surface area contributed by atoms with Crippen molar-refractivity contribution in [3.8, 4) is 5.75 Å². The summed E-state index contributed by atoms with van der Waals surface area (Å²) in [6, 6.07) is 10.6. The number of carbonyl (C=O) groups is 1. The van der Waals surface area contributed by atoms with Crippen LogP contribution in [0.2, 0.25) is 0 Å². The Morgan fingerprint density at radius 3 is 2.59 bits per heavy atom. The molecule has 27 heavy (non-hydrogen) atoms. The molecule has 0 fully saturated rings. The number of alkyl halides is 3. The van der Waals surface area contributed by atoms with Crippen LogP contribution in [0.3, 0.4) is 0 Å². The maximum atomic E-state index is 12.2. The van der Waals surface area contributed by atoms with Gasteiger partial charge in [0.1, 0.15) is 11.4 Å². The highest BCUT2D eigenvalue weighted by molar-refractivity contribution is 7.14. The van der Waals surface area contributed by atoms with E-state index < -0.39 is 6.36 Å². The minimum Gasteiger partial charge on any atom is -0.406 e. The molecule has 6 nitrogen and oxygen atoms in total. The molecular weight excluding hydrogens is 381 g/mol. The van der Waals surface area contributed by atoms with Crippen LogP contribution in [-0.4, -0.2) is 22.2 Å². The minimum absolute atomic E-state index is 0.232. The van der Waals surface area contributed by atoms with Gasteiger partial charge in [-0.3, -0.25) is 9.78 Å². The topological polar surface area (TPSA) is 76.1 Å². The summed E-state index contributed by atoms with van der Waals surface area (Å²) in [5, 5.41) is 7.65. The van der Waals surface area contributed by atoms with Crippen molar-refractivity contribution >= 4 is 28.1 Å². The second-order valence-corrected chi connectivity index (χ2v) is 6.10. The van der Waals surface area contributed by atoms with Crippen molar-refractivity contribution in [2.75, 3.05) is 5.32 Å². The summed E-state index contributed by atoms with van der Waals surface area (Å²) in [4.78, 5) is 20.4. The standard InChI is InChI=1S/C17H13F3N4O2S/c18-17(19,20)26-13-6-4-11(5-7-13)23-16-24-14(10-27-16)15(25)22-9-12-3-1-2-8-21-12/h1-8,10H,9H2,(H,22,25)(H,23,24). The Hall–Kier alpha value is -3.14. The van der Waals surface area contributed by atoms with Crippen LogP contribution >= 0.6 is 11.3 Å². The number of hydrogen-bond donors (Lipinski definition) is 2. The molecular formula is C17H13F3N4O2S. The van der Waals surface area contributed by atoms with Crippen molar-refractivity contribution in [3.63, 3.8) is 0 Å². The lowest BCUT2D eigenvalue weighted by atomic mass is 10.3. The first-order chi connectivity index (χ1) is 12.9. The third kappa shape index (κ3) is 5.68. The van der Waals surface area contributed by atoms with E-state index in [0.717, 1.165) is 5.69 Å². The molecule has 1 amide bonds. The molecule has 0 radical (unpaired) electrons. The molecule has 0 aliphatic carbocycles. The van der Waals surface area contributed by atoms with Gasteiger partial charge < -0.3 is 15.4 Å². The van der Waals surface area contributed by atoms with Crippen LogP contribution in [0.15, 0.2) is 54.0 Å². The molecule has 0 atom stereocenters. The molecule has 2 aromatic heterocycles. The first-order valence-corrected chi connectivity index (χ1v) is 8.53. The van der Waals surface area contributed by atoms with E-state index in [1.165, 1.54) is 35.6 Å². The fourth-order valence-corrected chi connectivity index (χ4v) is 2.77. The van der Waals surface area contributed by atoms with Gasteiger partial charge in [0.15, 0.2) is 5.13 Å². The number of benzene rings is 1. The summed E-state index contributed by atoms with van der Waals surface area (Å²) >= 11 is 1.20. The highest BCUT2D eigenvalue weighted by atomic mass is 32.1. The quantitative estimate of drug-likeness (QED) is 0.658. The Morgan fingerprint density at radius 2 is 1.93 bits per heavy atom. The Kier molecular flexibility index (Phi) is 5.55. The Bertz CT molecular complexity index is 899. The zero-order valence-electron chi connectivity index (χ0n) is 13.7. The van der Waals surface area contributed by atoms with Crippen LogP contribution in [0.1, 0.15) is 16.2 Å². The average Bonchev–Trinajstić information content (AvgIpc) is 3.10. The first kappa shape index (κ1) is 18.6. The van der Waals surface area contributed by atoms with E-state index in [0.29, 0.717) is 10.8 Å². The van der Waals surface area contributed by atoms with E-state index in [4.69, 9.17) is 0 Å². The number of nitrogens with one attached hydrogen (secondary N) is 2. The van der Waals surface area contributed by atoms with Gasteiger partial charge in [-0.15, -0.1) is 24.5 Å². The monoisotopic (exact) mass is 394 g/mol. The molecule has 0 unspecified atom stereocenters. The van der Waals surface area contributed by atoms with Crippen LogP contribution in [0.4, 0.5) is 24.0 Å². The van der Waals surface area contributed by atoms with Crippen LogP contribution in [0, 0.1) is 0 Å². The van der Waals surface area contributed by atoms with Crippen molar-refractivity contribution in [2.45, 2.75) is 12.9 Å². The van der Waals surface area contributed by atoms with E-state index in [9.17, 15) is 18.0 Å². The molecule has 0 aliphatic heterocycles. The number of aromatic nitrogens is 2. The lowest BCUT2D eigenvalue weighted by Gasteiger charge is -2.09. The fourth-order valence-electron chi connectivity index (χ4n) is 2.06. The highest BCUT2D eigenvalue weighted by Crippen LogP contribution is 2.26. The maximum Gasteiger partial charge on any atom is 0.573 e. The van der Waals surface area contributed by atoms with Gasteiger partial charge in [0, 0.05) is 17.3 Å². The third-order valence-corrected chi connectivity index (χ3v) is 3.99. The number of halogens is 3. The van der Waals surface area contributed by atoms with Crippen molar-refractivity contribution < 1.29 is 22.7 Å². The number of hydrogen-bond acceptors (Lipinski definition) is 6. The number of anilines is 2. The summed E-state index contributed by atoms with van der Waals surface area (Å²) in [6.07, 6.45) is -3.10. The highest BCUT2D eigenvalue weighted by Gasteiger charge is 2.30. The molecule has 0 aliphatic rings. The van der Waals surface area contributed by atoms with E-state index >= 15 is 0 Å². The number of amides is 1. The zero-order valence-corrected chi connectivity index (χ0v) is 14.5. The zero-order chi connectivity index (χ0) is 19.3. The van der Waals surface area contributed by atoms with Gasteiger partial charge in [0.05, 0.1) is 12.2 Å². The lowest BCUT2D eigenvalue weighted by Crippen LogP contribution is -2.23. The predicted molar refractivity (Wildman–Crippen MR) is 93.9 cm³/mol. The number of rotatable bonds is 6.